The fourth-order valence-corrected chi connectivity index (χ4v) is 22.1. The molecular weight excluding hydrogens is 1800 g/mol. The predicted octanol–water partition coefficient (Wildman–Crippen LogP) is 17.6. The van der Waals surface area contributed by atoms with Gasteiger partial charge in [-0.25, -0.2) is 19.2 Å². The van der Waals surface area contributed by atoms with Gasteiger partial charge in [-0.05, 0) is 259 Å². The Bertz CT molecular complexity index is 4000. The van der Waals surface area contributed by atoms with Gasteiger partial charge in [0.1, 0.15) is 23.4 Å². The van der Waals surface area contributed by atoms with Gasteiger partial charge in [-0.1, -0.05) is 58.3 Å². The number of ether oxygens (including phenoxy) is 12. The summed E-state index contributed by atoms with van der Waals surface area (Å²) in [6, 6.07) is 0. The molecule has 11 aliphatic rings. The van der Waals surface area contributed by atoms with Crippen LogP contribution in [0.2, 0.25) is 0 Å². The minimum atomic E-state index is -6.20. The SMILES string of the molecule is C=C(C)C(=O)OC12CC3(C4(OCC(C)(C)O)CCCC4)CC(C4(OCC(C)(C)O)CCCC4)(C1)CC(C1(OCC(C)(O)C(F)(F)F)CCCC1)(C2)C3.C=C(C)C(=O)OC12CC3CC(C1)CC(C(=O)OC(CC(C)(C)OCC(C)(C)O)C(C)(C)OCC(C)(O)C(F)(F)F)(C3)C2.C=C(C)C(=O)OCC(=O)OC(CC(C)(C)OCC(O)(C(F)(F)F)C(F)(F)F)C(C)(C)OCC(C)(O)C(F)(F)F. The second-order valence-electron chi connectivity index (χ2n) is 45.4. The van der Waals surface area contributed by atoms with Gasteiger partial charge >= 0.3 is 60.7 Å². The van der Waals surface area contributed by atoms with E-state index in [1.165, 1.54) is 20.8 Å². The van der Waals surface area contributed by atoms with Gasteiger partial charge in [-0.3, -0.25) is 4.79 Å². The summed E-state index contributed by atoms with van der Waals surface area (Å²) in [6.07, 6.45) is -14.4. The molecule has 0 aromatic rings. The minimum Gasteiger partial charge on any atom is -0.459 e. The molecule has 0 aliphatic heterocycles. The highest BCUT2D eigenvalue weighted by molar-refractivity contribution is 5.89. The Hall–Kier alpha value is -5.04. The van der Waals surface area contributed by atoms with Crippen molar-refractivity contribution in [2.45, 2.75) is 438 Å². The van der Waals surface area contributed by atoms with E-state index >= 15 is 0 Å². The molecule has 9 atom stereocenters. The second-order valence-corrected chi connectivity index (χ2v) is 45.4. The van der Waals surface area contributed by atoms with Crippen LogP contribution in [-0.4, -0.2) is 251 Å². The Morgan fingerprint density at radius 2 is 0.669 bits per heavy atom. The van der Waals surface area contributed by atoms with Gasteiger partial charge in [0.2, 0.25) is 0 Å². The molecule has 24 nitrogen and oxygen atoms in total. The second kappa shape index (κ2) is 39.1. The monoisotopic (exact) mass is 1940 g/mol. The van der Waals surface area contributed by atoms with E-state index in [0.717, 1.165) is 112 Å². The van der Waals surface area contributed by atoms with Crippen molar-refractivity contribution in [3.8, 4) is 0 Å². The van der Waals surface area contributed by atoms with E-state index in [1.807, 2.05) is 0 Å². The van der Waals surface area contributed by atoms with E-state index in [-0.39, 0.29) is 54.8 Å². The van der Waals surface area contributed by atoms with Crippen LogP contribution in [0.4, 0.5) is 65.9 Å². The molecule has 11 rings (SSSR count). The van der Waals surface area contributed by atoms with E-state index in [0.29, 0.717) is 90.9 Å². The lowest BCUT2D eigenvalue weighted by Gasteiger charge is -2.77. The third-order valence-corrected chi connectivity index (χ3v) is 28.7. The Morgan fingerprint density at radius 3 is 0.985 bits per heavy atom. The standard InChI is InChI=1S/C41H65F3O8.C31H49F3O8.C22H31F9O8/c1-29(2)30(45)52-37-23-34(38(14-8-9-15-38)49-26-31(3,4)46)20-35(24-37,39(16-10-11-17-39)50-27-32(5,6)47)22-36(21-34,25-37)40(18-12-13-19-40)51-28-33(7,48)41(42,43)44;1-19(2)23(35)42-30-13-20-10-21(14-30)12-29(11-20,16-30)24(36)41-22(15-26(5,6)39-17-25(3,4)37)27(7,8)40-18-28(9,38)31(32,33)34;1-12(2)15(33)36-9-14(32)39-13(17(5,6)38-10-18(7,34)20(23,24)25)8-16(3,4)37-11-19(35,21(26,27)28)22(29,30)31/h46-48H,1,8-28H2,2-7H3;20-22,37-38H,1,10-18H2,2-9H3;13,34-35H,1,8-11H2,2-7H3. The number of rotatable bonds is 40. The zero-order valence-corrected chi connectivity index (χ0v) is 80.7. The number of carbonyl (C=O) groups is 5. The highest BCUT2D eigenvalue weighted by atomic mass is 19.4. The van der Waals surface area contributed by atoms with Gasteiger partial charge in [0.15, 0.2) is 23.4 Å². The molecule has 11 aliphatic carbocycles. The Labute approximate surface area is 770 Å². The highest BCUT2D eigenvalue weighted by Crippen LogP contribution is 2.82. The molecule has 0 amide bonds. The van der Waals surface area contributed by atoms with Crippen LogP contribution in [0.15, 0.2) is 36.5 Å². The first-order chi connectivity index (χ1) is 59.6. The van der Waals surface area contributed by atoms with Crippen molar-refractivity contribution in [2.24, 2.45) is 33.5 Å². The summed E-state index contributed by atoms with van der Waals surface area (Å²) in [6.45, 7) is 31.1. The molecule has 8 bridgehead atoms. The smallest absolute Gasteiger partial charge is 0.428 e. The number of halogens is 15. The van der Waals surface area contributed by atoms with E-state index in [1.54, 1.807) is 69.2 Å². The maximum absolute atomic E-state index is 14.2. The Morgan fingerprint density at radius 1 is 0.361 bits per heavy atom. The lowest BCUT2D eigenvalue weighted by atomic mass is 9.30. The molecule has 0 saturated heterocycles. The summed E-state index contributed by atoms with van der Waals surface area (Å²) in [7, 11) is 0. The van der Waals surface area contributed by atoms with Crippen molar-refractivity contribution in [1.82, 2.24) is 0 Å². The number of alkyl halides is 15. The minimum absolute atomic E-state index is 0.0331. The number of esters is 5. The average molecular weight is 1940 g/mol. The van der Waals surface area contributed by atoms with E-state index in [2.05, 4.69) is 24.5 Å². The molecule has 11 saturated carbocycles. The number of carbonyl (C=O) groups excluding carboxylic acids is 5. The fourth-order valence-electron chi connectivity index (χ4n) is 22.1. The number of aliphatic hydroxyl groups is 7. The summed E-state index contributed by atoms with van der Waals surface area (Å²) in [4.78, 5) is 64.2. The van der Waals surface area contributed by atoms with Crippen molar-refractivity contribution < 1.29 is 182 Å². The molecule has 770 valence electrons. The lowest BCUT2D eigenvalue weighted by molar-refractivity contribution is -0.382. The summed E-state index contributed by atoms with van der Waals surface area (Å²) < 4.78 is 271. The van der Waals surface area contributed by atoms with Crippen LogP contribution < -0.4 is 0 Å². The molecule has 133 heavy (non-hydrogen) atoms. The summed E-state index contributed by atoms with van der Waals surface area (Å²) in [5.41, 5.74) is -31.2. The highest BCUT2D eigenvalue weighted by Gasteiger charge is 2.82. The molecular formula is C94H145F15O24. The van der Waals surface area contributed by atoms with Crippen LogP contribution in [0.5, 0.6) is 0 Å². The largest absolute Gasteiger partial charge is 0.459 e. The molecule has 0 aromatic carbocycles. The van der Waals surface area contributed by atoms with Crippen molar-refractivity contribution >= 4 is 29.8 Å². The van der Waals surface area contributed by atoms with Gasteiger partial charge in [-0.2, -0.15) is 65.9 Å². The van der Waals surface area contributed by atoms with Crippen molar-refractivity contribution in [2.75, 3.05) is 52.9 Å². The van der Waals surface area contributed by atoms with Crippen LogP contribution >= 0.6 is 0 Å². The molecule has 0 radical (unpaired) electrons. The van der Waals surface area contributed by atoms with E-state index < -0.39 is 224 Å². The molecule has 7 N–H and O–H groups in total. The Balaban J connectivity index is 0.000000277. The van der Waals surface area contributed by atoms with Crippen molar-refractivity contribution in [3.63, 3.8) is 0 Å². The normalized spacial score (nSPS) is 28.4. The zero-order chi connectivity index (χ0) is 102. The third-order valence-electron chi connectivity index (χ3n) is 28.7. The quantitative estimate of drug-likeness (QED) is 0.0130. The van der Waals surface area contributed by atoms with Crippen LogP contribution in [0.25, 0.3) is 0 Å². The van der Waals surface area contributed by atoms with Crippen LogP contribution in [0.3, 0.4) is 0 Å². The van der Waals surface area contributed by atoms with Gasteiger partial charge in [-0.15, -0.1) is 0 Å². The molecule has 0 heterocycles. The van der Waals surface area contributed by atoms with Gasteiger partial charge in [0, 0.05) is 52.2 Å². The molecule has 0 aromatic heterocycles. The Kier molecular flexibility index (Phi) is 33.8. The van der Waals surface area contributed by atoms with Crippen molar-refractivity contribution in [3.05, 3.63) is 36.5 Å². The predicted molar refractivity (Wildman–Crippen MR) is 452 cm³/mol. The third kappa shape index (κ3) is 26.8. The fraction of sp³-hybridized carbons (Fsp3) is 0.883. The molecule has 11 fully saturated rings. The lowest BCUT2D eigenvalue weighted by Crippen LogP contribution is -2.77. The summed E-state index contributed by atoms with van der Waals surface area (Å²) >= 11 is 0. The molecule has 0 spiro atoms. The first kappa shape index (κ1) is 115. The van der Waals surface area contributed by atoms with E-state index in [4.69, 9.17) is 52.1 Å². The van der Waals surface area contributed by atoms with Crippen LogP contribution in [0, 0.1) is 33.5 Å². The zero-order valence-electron chi connectivity index (χ0n) is 80.7. The molecule has 39 heteroatoms. The van der Waals surface area contributed by atoms with Crippen molar-refractivity contribution in [1.29, 1.82) is 0 Å². The maximum Gasteiger partial charge on any atom is 0.428 e. The topological polar surface area (TPSA) is 338 Å². The number of hydrogen-bond acceptors (Lipinski definition) is 24. The van der Waals surface area contributed by atoms with Gasteiger partial charge in [0.05, 0.1) is 108 Å². The maximum atomic E-state index is 14.2. The number of hydrogen-bond donors (Lipinski definition) is 7. The van der Waals surface area contributed by atoms with Crippen LogP contribution in [-0.2, 0) is 80.8 Å². The van der Waals surface area contributed by atoms with Gasteiger partial charge < -0.3 is 92.6 Å². The summed E-state index contributed by atoms with van der Waals surface area (Å²) in [5.74, 6) is -3.49. The molecule has 9 unspecified atom stereocenters. The summed E-state index contributed by atoms with van der Waals surface area (Å²) in [5, 5.41) is 71.9. The van der Waals surface area contributed by atoms with Crippen LogP contribution in [0.1, 0.15) is 305 Å². The first-order valence-corrected chi connectivity index (χ1v) is 45.5. The van der Waals surface area contributed by atoms with Gasteiger partial charge in [0.25, 0.3) is 5.60 Å². The van der Waals surface area contributed by atoms with E-state index in [9.17, 15) is 126 Å². The first-order valence-electron chi connectivity index (χ1n) is 45.5. The average Bonchev–Trinajstić information content (AvgIpc) is 1.64.